The summed E-state index contributed by atoms with van der Waals surface area (Å²) >= 11 is 1.46. The standard InChI is InChI=1S/C11H14N2O2S/c1-15-10-4-2-9(3-5-10)8-13-6-7-16-12-11(13)14/h2-5H,6-8H2,1H3,(H,12,14). The average molecular weight is 238 g/mol. The Labute approximate surface area is 99.1 Å². The van der Waals surface area contributed by atoms with Gasteiger partial charge in [-0.15, -0.1) is 0 Å². The quantitative estimate of drug-likeness (QED) is 0.817. The Morgan fingerprint density at radius 2 is 2.19 bits per heavy atom. The van der Waals surface area contributed by atoms with Crippen molar-refractivity contribution in [3.8, 4) is 5.75 Å². The third-order valence-electron chi connectivity index (χ3n) is 2.44. The molecule has 0 spiro atoms. The number of urea groups is 1. The molecule has 2 rings (SSSR count). The lowest BCUT2D eigenvalue weighted by molar-refractivity contribution is 0.203. The van der Waals surface area contributed by atoms with Crippen molar-refractivity contribution in [3.05, 3.63) is 29.8 Å². The van der Waals surface area contributed by atoms with Crippen molar-refractivity contribution < 1.29 is 9.53 Å². The zero-order valence-corrected chi connectivity index (χ0v) is 9.92. The van der Waals surface area contributed by atoms with Gasteiger partial charge < -0.3 is 9.64 Å². The van der Waals surface area contributed by atoms with Crippen molar-refractivity contribution in [2.45, 2.75) is 6.54 Å². The summed E-state index contributed by atoms with van der Waals surface area (Å²) in [5, 5.41) is 0. The van der Waals surface area contributed by atoms with E-state index in [2.05, 4.69) is 4.72 Å². The molecule has 0 atom stereocenters. The normalized spacial score (nSPS) is 15.8. The maximum Gasteiger partial charge on any atom is 0.327 e. The molecule has 1 N–H and O–H groups in total. The summed E-state index contributed by atoms with van der Waals surface area (Å²) < 4.78 is 7.84. The van der Waals surface area contributed by atoms with E-state index < -0.39 is 0 Å². The summed E-state index contributed by atoms with van der Waals surface area (Å²) in [6.45, 7) is 1.44. The summed E-state index contributed by atoms with van der Waals surface area (Å²) in [4.78, 5) is 13.3. The van der Waals surface area contributed by atoms with Crippen LogP contribution in [0.1, 0.15) is 5.56 Å². The maximum atomic E-state index is 11.5. The first-order chi connectivity index (χ1) is 7.79. The highest BCUT2D eigenvalue weighted by Crippen LogP contribution is 2.15. The fourth-order valence-electron chi connectivity index (χ4n) is 1.54. The fraction of sp³-hybridized carbons (Fsp3) is 0.364. The molecule has 86 valence electrons. The van der Waals surface area contributed by atoms with E-state index in [0.717, 1.165) is 23.6 Å². The smallest absolute Gasteiger partial charge is 0.327 e. The van der Waals surface area contributed by atoms with Gasteiger partial charge in [-0.3, -0.25) is 4.72 Å². The van der Waals surface area contributed by atoms with Crippen LogP contribution in [0.5, 0.6) is 5.75 Å². The largest absolute Gasteiger partial charge is 0.497 e. The Bertz CT molecular complexity index is 367. The Morgan fingerprint density at radius 1 is 1.44 bits per heavy atom. The average Bonchev–Trinajstić information content (AvgIpc) is 2.33. The number of rotatable bonds is 3. The van der Waals surface area contributed by atoms with Crippen LogP contribution in [0.25, 0.3) is 0 Å². The third-order valence-corrected chi connectivity index (χ3v) is 3.15. The zero-order valence-electron chi connectivity index (χ0n) is 9.10. The minimum Gasteiger partial charge on any atom is -0.497 e. The number of ether oxygens (including phenoxy) is 1. The highest BCUT2D eigenvalue weighted by molar-refractivity contribution is 7.98. The number of amides is 2. The van der Waals surface area contributed by atoms with E-state index >= 15 is 0 Å². The van der Waals surface area contributed by atoms with Crippen LogP contribution in [-0.2, 0) is 6.54 Å². The van der Waals surface area contributed by atoms with Gasteiger partial charge in [-0.2, -0.15) is 0 Å². The highest BCUT2D eigenvalue weighted by atomic mass is 32.2. The second kappa shape index (κ2) is 5.12. The highest BCUT2D eigenvalue weighted by Gasteiger charge is 2.17. The first-order valence-corrected chi connectivity index (χ1v) is 6.08. The number of methoxy groups -OCH3 is 1. The number of nitrogens with zero attached hydrogens (tertiary/aromatic N) is 1. The summed E-state index contributed by atoms with van der Waals surface area (Å²) in [7, 11) is 1.64. The molecule has 16 heavy (non-hydrogen) atoms. The van der Waals surface area contributed by atoms with Gasteiger partial charge in [0.15, 0.2) is 0 Å². The van der Waals surface area contributed by atoms with E-state index in [1.807, 2.05) is 24.3 Å². The number of benzene rings is 1. The SMILES string of the molecule is COc1ccc(CN2CCSNC2=O)cc1. The molecule has 1 aliphatic rings. The van der Waals surface area contributed by atoms with Crippen LogP contribution in [-0.4, -0.2) is 30.3 Å². The molecule has 0 unspecified atom stereocenters. The lowest BCUT2D eigenvalue weighted by Crippen LogP contribution is -2.42. The van der Waals surface area contributed by atoms with Gasteiger partial charge in [0.05, 0.1) is 7.11 Å². The van der Waals surface area contributed by atoms with Gasteiger partial charge in [-0.25, -0.2) is 4.79 Å². The van der Waals surface area contributed by atoms with Gasteiger partial charge in [0.1, 0.15) is 5.75 Å². The Hall–Kier alpha value is -1.36. The number of carbonyl (C=O) groups is 1. The summed E-state index contributed by atoms with van der Waals surface area (Å²) in [6.07, 6.45) is 0. The van der Waals surface area contributed by atoms with Crippen LogP contribution in [0.2, 0.25) is 0 Å². The van der Waals surface area contributed by atoms with Crippen LogP contribution in [0.4, 0.5) is 4.79 Å². The topological polar surface area (TPSA) is 41.6 Å². The van der Waals surface area contributed by atoms with Crippen molar-refractivity contribution in [2.24, 2.45) is 0 Å². The second-order valence-electron chi connectivity index (χ2n) is 3.53. The van der Waals surface area contributed by atoms with E-state index in [1.54, 1.807) is 12.0 Å². The molecule has 2 amide bonds. The van der Waals surface area contributed by atoms with Gasteiger partial charge in [-0.1, -0.05) is 12.1 Å². The van der Waals surface area contributed by atoms with E-state index in [1.165, 1.54) is 11.9 Å². The van der Waals surface area contributed by atoms with Crippen LogP contribution in [0.3, 0.4) is 0 Å². The molecular weight excluding hydrogens is 224 g/mol. The van der Waals surface area contributed by atoms with E-state index in [4.69, 9.17) is 4.74 Å². The third kappa shape index (κ3) is 2.61. The minimum atomic E-state index is -0.00734. The zero-order chi connectivity index (χ0) is 11.4. The number of carbonyl (C=O) groups excluding carboxylic acids is 1. The predicted molar refractivity (Wildman–Crippen MR) is 64.4 cm³/mol. The molecular formula is C11H14N2O2S. The Morgan fingerprint density at radius 3 is 2.81 bits per heavy atom. The minimum absolute atomic E-state index is 0.00734. The van der Waals surface area contributed by atoms with Crippen molar-refractivity contribution in [2.75, 3.05) is 19.4 Å². The van der Waals surface area contributed by atoms with Gasteiger partial charge in [0.25, 0.3) is 0 Å². The van der Waals surface area contributed by atoms with E-state index in [9.17, 15) is 4.79 Å². The van der Waals surface area contributed by atoms with E-state index in [-0.39, 0.29) is 6.03 Å². The first kappa shape index (κ1) is 11.1. The van der Waals surface area contributed by atoms with Crippen LogP contribution in [0.15, 0.2) is 24.3 Å². The monoisotopic (exact) mass is 238 g/mol. The lowest BCUT2D eigenvalue weighted by Gasteiger charge is -2.26. The Balaban J connectivity index is 1.99. The first-order valence-electron chi connectivity index (χ1n) is 5.09. The second-order valence-corrected chi connectivity index (χ2v) is 4.43. The lowest BCUT2D eigenvalue weighted by atomic mass is 10.2. The van der Waals surface area contributed by atoms with Crippen LogP contribution >= 0.6 is 11.9 Å². The molecule has 0 bridgehead atoms. The predicted octanol–water partition coefficient (Wildman–Crippen LogP) is 1.87. The van der Waals surface area contributed by atoms with Gasteiger partial charge in [0, 0.05) is 18.8 Å². The van der Waals surface area contributed by atoms with Crippen LogP contribution in [0, 0.1) is 0 Å². The van der Waals surface area contributed by atoms with Crippen LogP contribution < -0.4 is 9.46 Å². The van der Waals surface area contributed by atoms with Crippen molar-refractivity contribution >= 4 is 18.0 Å². The molecule has 1 saturated heterocycles. The molecule has 1 heterocycles. The maximum absolute atomic E-state index is 11.5. The molecule has 1 aromatic carbocycles. The van der Waals surface area contributed by atoms with Gasteiger partial charge in [-0.05, 0) is 29.6 Å². The van der Waals surface area contributed by atoms with E-state index in [0.29, 0.717) is 6.54 Å². The van der Waals surface area contributed by atoms with Gasteiger partial charge >= 0.3 is 6.03 Å². The molecule has 0 aliphatic carbocycles. The van der Waals surface area contributed by atoms with Gasteiger partial charge in [0.2, 0.25) is 0 Å². The summed E-state index contributed by atoms with van der Waals surface area (Å²) in [6, 6.07) is 7.77. The summed E-state index contributed by atoms with van der Waals surface area (Å²) in [5.74, 6) is 1.77. The molecule has 1 fully saturated rings. The molecule has 1 aliphatic heterocycles. The van der Waals surface area contributed by atoms with Crippen molar-refractivity contribution in [1.82, 2.24) is 9.62 Å². The molecule has 4 nitrogen and oxygen atoms in total. The Kier molecular flexibility index (Phi) is 3.56. The molecule has 0 saturated carbocycles. The number of hydrogen-bond acceptors (Lipinski definition) is 3. The molecule has 1 aromatic rings. The number of nitrogens with one attached hydrogen (secondary N) is 1. The molecule has 0 radical (unpaired) electrons. The molecule has 0 aromatic heterocycles. The number of hydrogen-bond donors (Lipinski definition) is 1. The molecule has 5 heteroatoms. The summed E-state index contributed by atoms with van der Waals surface area (Å²) in [5.41, 5.74) is 1.11. The van der Waals surface area contributed by atoms with Crippen molar-refractivity contribution in [3.63, 3.8) is 0 Å². The fourth-order valence-corrected chi connectivity index (χ4v) is 2.20. The van der Waals surface area contributed by atoms with Crippen molar-refractivity contribution in [1.29, 1.82) is 0 Å².